The summed E-state index contributed by atoms with van der Waals surface area (Å²) in [5.41, 5.74) is 1.03. The van der Waals surface area contributed by atoms with Gasteiger partial charge in [-0.05, 0) is 13.1 Å². The molecule has 0 aliphatic carbocycles. The van der Waals surface area contributed by atoms with Crippen LogP contribution in [0.5, 0.6) is 0 Å². The van der Waals surface area contributed by atoms with Crippen molar-refractivity contribution in [3.63, 3.8) is 0 Å². The van der Waals surface area contributed by atoms with Crippen molar-refractivity contribution < 1.29 is 0 Å². The summed E-state index contributed by atoms with van der Waals surface area (Å²) in [5.74, 6) is 0.947. The van der Waals surface area contributed by atoms with Crippen LogP contribution >= 0.6 is 11.6 Å². The number of pyridine rings is 1. The molecule has 0 saturated heterocycles. The Kier molecular flexibility index (Phi) is 3.54. The Balaban J connectivity index is 1.97. The fraction of sp³-hybridized carbons (Fsp3) is 0.273. The minimum atomic E-state index is 0.564. The van der Waals surface area contributed by atoms with Gasteiger partial charge < -0.3 is 4.98 Å². The zero-order valence-corrected chi connectivity index (χ0v) is 9.78. The molecule has 2 aromatic heterocycles. The lowest BCUT2D eigenvalue weighted by Gasteiger charge is -2.15. The Bertz CT molecular complexity index is 441. The summed E-state index contributed by atoms with van der Waals surface area (Å²) >= 11 is 5.99. The Morgan fingerprint density at radius 2 is 2.19 bits per heavy atom. The first kappa shape index (κ1) is 11.1. The van der Waals surface area contributed by atoms with Crippen LogP contribution in [0.3, 0.4) is 0 Å². The predicted molar refractivity (Wildman–Crippen MR) is 63.0 cm³/mol. The van der Waals surface area contributed by atoms with E-state index >= 15 is 0 Å². The van der Waals surface area contributed by atoms with Crippen molar-refractivity contribution in [3.05, 3.63) is 47.3 Å². The van der Waals surface area contributed by atoms with Gasteiger partial charge in [0.15, 0.2) is 0 Å². The lowest BCUT2D eigenvalue weighted by atomic mass is 10.2. The molecule has 0 spiro atoms. The van der Waals surface area contributed by atoms with Gasteiger partial charge in [0.05, 0.1) is 6.54 Å². The second kappa shape index (κ2) is 5.09. The Morgan fingerprint density at radius 1 is 1.31 bits per heavy atom. The first-order valence-corrected chi connectivity index (χ1v) is 5.39. The van der Waals surface area contributed by atoms with E-state index in [4.69, 9.17) is 11.6 Å². The number of nitrogens with zero attached hydrogens (tertiary/aromatic N) is 3. The maximum Gasteiger partial charge on any atom is 0.133 e. The number of aromatic amines is 1. The maximum atomic E-state index is 5.99. The Hall–Kier alpha value is -1.39. The highest BCUT2D eigenvalue weighted by molar-refractivity contribution is 6.30. The van der Waals surface area contributed by atoms with E-state index in [0.717, 1.165) is 24.5 Å². The highest BCUT2D eigenvalue weighted by atomic mass is 35.5. The van der Waals surface area contributed by atoms with Crippen molar-refractivity contribution >= 4 is 11.6 Å². The summed E-state index contributed by atoms with van der Waals surface area (Å²) in [5, 5.41) is 0.564. The van der Waals surface area contributed by atoms with Crippen molar-refractivity contribution in [3.8, 4) is 0 Å². The number of hydrogen-bond donors (Lipinski definition) is 1. The molecule has 2 aromatic rings. The third-order valence-electron chi connectivity index (χ3n) is 2.25. The van der Waals surface area contributed by atoms with E-state index in [2.05, 4.69) is 19.9 Å². The predicted octanol–water partition coefficient (Wildman–Crippen LogP) is 2.09. The van der Waals surface area contributed by atoms with E-state index in [0.29, 0.717) is 5.15 Å². The second-order valence-corrected chi connectivity index (χ2v) is 4.02. The zero-order valence-electron chi connectivity index (χ0n) is 9.02. The van der Waals surface area contributed by atoms with Crippen LogP contribution in [0.2, 0.25) is 5.15 Å². The normalized spacial score (nSPS) is 10.9. The van der Waals surface area contributed by atoms with Crippen LogP contribution in [-0.4, -0.2) is 26.9 Å². The van der Waals surface area contributed by atoms with Crippen LogP contribution in [0.1, 0.15) is 11.4 Å². The summed E-state index contributed by atoms with van der Waals surface area (Å²) in [6.07, 6.45) is 5.26. The number of nitrogens with one attached hydrogen (secondary N) is 1. The minimum Gasteiger partial charge on any atom is -0.348 e. The van der Waals surface area contributed by atoms with Crippen molar-refractivity contribution in [2.45, 2.75) is 13.1 Å². The lowest BCUT2D eigenvalue weighted by Crippen LogP contribution is -2.18. The van der Waals surface area contributed by atoms with Gasteiger partial charge in [-0.15, -0.1) is 0 Å². The van der Waals surface area contributed by atoms with Gasteiger partial charge >= 0.3 is 0 Å². The van der Waals surface area contributed by atoms with Gasteiger partial charge in [-0.25, -0.2) is 9.97 Å². The van der Waals surface area contributed by atoms with Crippen molar-refractivity contribution in [1.82, 2.24) is 19.9 Å². The van der Waals surface area contributed by atoms with E-state index in [1.807, 2.05) is 25.4 Å². The quantitative estimate of drug-likeness (QED) is 0.827. The maximum absolute atomic E-state index is 5.99. The van der Waals surface area contributed by atoms with Gasteiger partial charge in [0.25, 0.3) is 0 Å². The van der Waals surface area contributed by atoms with Crippen LogP contribution in [-0.2, 0) is 13.1 Å². The van der Waals surface area contributed by atoms with Crippen molar-refractivity contribution in [1.29, 1.82) is 0 Å². The molecular weight excluding hydrogens is 224 g/mol. The summed E-state index contributed by atoms with van der Waals surface area (Å²) < 4.78 is 0. The van der Waals surface area contributed by atoms with E-state index in [-0.39, 0.29) is 0 Å². The SMILES string of the molecule is CN(Cc1ncc[nH]1)Cc1cccnc1Cl. The monoisotopic (exact) mass is 236 g/mol. The van der Waals surface area contributed by atoms with Crippen LogP contribution in [0, 0.1) is 0 Å². The number of aromatic nitrogens is 3. The van der Waals surface area contributed by atoms with Crippen molar-refractivity contribution in [2.24, 2.45) is 0 Å². The largest absolute Gasteiger partial charge is 0.348 e. The van der Waals surface area contributed by atoms with Crippen molar-refractivity contribution in [2.75, 3.05) is 7.05 Å². The fourth-order valence-corrected chi connectivity index (χ4v) is 1.70. The number of imidazole rings is 1. The van der Waals surface area contributed by atoms with E-state index in [9.17, 15) is 0 Å². The molecule has 0 saturated carbocycles. The van der Waals surface area contributed by atoms with E-state index < -0.39 is 0 Å². The topological polar surface area (TPSA) is 44.8 Å². The summed E-state index contributed by atoms with van der Waals surface area (Å²) in [4.78, 5) is 13.4. The number of hydrogen-bond acceptors (Lipinski definition) is 3. The molecule has 0 bridgehead atoms. The molecule has 1 N–H and O–H groups in total. The molecule has 0 fully saturated rings. The van der Waals surface area contributed by atoms with Crippen LogP contribution in [0.15, 0.2) is 30.7 Å². The van der Waals surface area contributed by atoms with Gasteiger partial charge in [-0.3, -0.25) is 4.90 Å². The lowest BCUT2D eigenvalue weighted by molar-refractivity contribution is 0.311. The zero-order chi connectivity index (χ0) is 11.4. The third-order valence-corrected chi connectivity index (χ3v) is 2.59. The van der Waals surface area contributed by atoms with Crippen LogP contribution in [0.4, 0.5) is 0 Å². The first-order chi connectivity index (χ1) is 7.75. The summed E-state index contributed by atoms with van der Waals surface area (Å²) in [6, 6.07) is 3.87. The van der Waals surface area contributed by atoms with E-state index in [1.165, 1.54) is 0 Å². The van der Waals surface area contributed by atoms with Gasteiger partial charge in [0.1, 0.15) is 11.0 Å². The standard InChI is InChI=1S/C11H13ClN4/c1-16(8-10-13-5-6-14-10)7-9-3-2-4-15-11(9)12/h2-6H,7-8H2,1H3,(H,13,14). The minimum absolute atomic E-state index is 0.564. The molecule has 2 rings (SSSR count). The summed E-state index contributed by atoms with van der Waals surface area (Å²) in [7, 11) is 2.02. The van der Waals surface area contributed by atoms with Gasteiger partial charge in [0.2, 0.25) is 0 Å². The second-order valence-electron chi connectivity index (χ2n) is 3.66. The number of rotatable bonds is 4. The van der Waals surface area contributed by atoms with E-state index in [1.54, 1.807) is 12.4 Å². The highest BCUT2D eigenvalue weighted by Crippen LogP contribution is 2.13. The Morgan fingerprint density at radius 3 is 2.88 bits per heavy atom. The fourth-order valence-electron chi connectivity index (χ4n) is 1.52. The third kappa shape index (κ3) is 2.81. The first-order valence-electron chi connectivity index (χ1n) is 5.02. The molecule has 2 heterocycles. The molecule has 84 valence electrons. The molecule has 0 atom stereocenters. The van der Waals surface area contributed by atoms with Gasteiger partial charge in [0, 0.05) is 30.7 Å². The molecule has 0 unspecified atom stereocenters. The van der Waals surface area contributed by atoms with Gasteiger partial charge in [-0.2, -0.15) is 0 Å². The van der Waals surface area contributed by atoms with Crippen LogP contribution in [0.25, 0.3) is 0 Å². The molecule has 0 aliphatic rings. The number of halogens is 1. The highest BCUT2D eigenvalue weighted by Gasteiger charge is 2.06. The molecular formula is C11H13ClN4. The molecule has 0 aliphatic heterocycles. The molecule has 4 nitrogen and oxygen atoms in total. The van der Waals surface area contributed by atoms with Gasteiger partial charge in [-0.1, -0.05) is 17.7 Å². The average molecular weight is 237 g/mol. The molecule has 5 heteroatoms. The molecule has 0 amide bonds. The Labute approximate surface area is 99.3 Å². The van der Waals surface area contributed by atoms with Crippen LogP contribution < -0.4 is 0 Å². The number of H-pyrrole nitrogens is 1. The summed E-state index contributed by atoms with van der Waals surface area (Å²) in [6.45, 7) is 1.52. The smallest absolute Gasteiger partial charge is 0.133 e. The molecule has 0 aromatic carbocycles. The average Bonchev–Trinajstić information content (AvgIpc) is 2.74. The molecule has 16 heavy (non-hydrogen) atoms. The molecule has 0 radical (unpaired) electrons.